The maximum Gasteiger partial charge on any atom is 0.352 e. The highest BCUT2D eigenvalue weighted by Gasteiger charge is 2.21. The number of carbonyl (C=O) groups is 1. The summed E-state index contributed by atoms with van der Waals surface area (Å²) in [5.74, 6) is -2.02. The first-order valence-corrected chi connectivity index (χ1v) is 4.61. The number of hydrogen-bond donors (Lipinski definition) is 2. The van der Waals surface area contributed by atoms with Crippen molar-refractivity contribution in [1.29, 1.82) is 0 Å². The number of rotatable bonds is 2. The van der Waals surface area contributed by atoms with Crippen molar-refractivity contribution in [3.05, 3.63) is 39.3 Å². The molecule has 1 aromatic heterocycles. The maximum atomic E-state index is 13.2. The second-order valence-electron chi connectivity index (χ2n) is 3.53. The quantitative estimate of drug-likeness (QED) is 0.619. The Kier molecular flexibility index (Phi) is 2.31. The van der Waals surface area contributed by atoms with Crippen LogP contribution in [0.25, 0.3) is 10.9 Å². The van der Waals surface area contributed by atoms with Gasteiger partial charge in [-0.25, -0.2) is 9.18 Å². The molecule has 7 heteroatoms. The molecule has 0 radical (unpaired) electrons. The van der Waals surface area contributed by atoms with Crippen LogP contribution in [0.15, 0.2) is 12.1 Å². The van der Waals surface area contributed by atoms with E-state index >= 15 is 0 Å². The molecule has 0 fully saturated rings. The average Bonchev–Trinajstić information content (AvgIpc) is 2.55. The van der Waals surface area contributed by atoms with Crippen LogP contribution in [0.3, 0.4) is 0 Å². The smallest absolute Gasteiger partial charge is 0.352 e. The molecule has 88 valence electrons. The minimum Gasteiger partial charge on any atom is -0.477 e. The summed E-state index contributed by atoms with van der Waals surface area (Å²) in [7, 11) is 0. The lowest BCUT2D eigenvalue weighted by atomic mass is 10.1. The van der Waals surface area contributed by atoms with Gasteiger partial charge in [0.2, 0.25) is 0 Å². The van der Waals surface area contributed by atoms with Crippen LogP contribution in [0, 0.1) is 22.9 Å². The summed E-state index contributed by atoms with van der Waals surface area (Å²) in [5, 5.41) is 19.8. The zero-order valence-corrected chi connectivity index (χ0v) is 8.65. The zero-order valence-electron chi connectivity index (χ0n) is 8.65. The topological polar surface area (TPSA) is 96.2 Å². The molecule has 0 saturated heterocycles. The van der Waals surface area contributed by atoms with E-state index in [0.717, 1.165) is 12.1 Å². The Morgan fingerprint density at radius 3 is 2.71 bits per heavy atom. The van der Waals surface area contributed by atoms with E-state index in [1.165, 1.54) is 6.92 Å². The minimum absolute atomic E-state index is 0.0197. The third-order valence-electron chi connectivity index (χ3n) is 2.52. The van der Waals surface area contributed by atoms with Crippen molar-refractivity contribution in [3.63, 3.8) is 0 Å². The highest BCUT2D eigenvalue weighted by Crippen LogP contribution is 2.30. The first-order valence-electron chi connectivity index (χ1n) is 4.61. The van der Waals surface area contributed by atoms with Crippen molar-refractivity contribution in [1.82, 2.24) is 4.98 Å². The van der Waals surface area contributed by atoms with Gasteiger partial charge in [0, 0.05) is 5.39 Å². The van der Waals surface area contributed by atoms with Crippen molar-refractivity contribution < 1.29 is 19.2 Å². The predicted molar refractivity (Wildman–Crippen MR) is 56.6 cm³/mol. The monoisotopic (exact) mass is 238 g/mol. The second-order valence-corrected chi connectivity index (χ2v) is 3.53. The van der Waals surface area contributed by atoms with Crippen LogP contribution in [0.1, 0.15) is 16.1 Å². The largest absolute Gasteiger partial charge is 0.477 e. The molecular weight excluding hydrogens is 231 g/mol. The fraction of sp³-hybridized carbons (Fsp3) is 0.100. The number of nitrogens with zero attached hydrogens (tertiary/aromatic N) is 1. The first-order chi connectivity index (χ1) is 7.91. The number of nitro groups is 1. The summed E-state index contributed by atoms with van der Waals surface area (Å²) >= 11 is 0. The Morgan fingerprint density at radius 2 is 2.18 bits per heavy atom. The van der Waals surface area contributed by atoms with Crippen molar-refractivity contribution in [2.75, 3.05) is 0 Å². The van der Waals surface area contributed by atoms with Crippen molar-refractivity contribution in [3.8, 4) is 0 Å². The van der Waals surface area contributed by atoms with Gasteiger partial charge < -0.3 is 10.1 Å². The Balaban J connectivity index is 2.90. The number of nitrogens with one attached hydrogen (secondary N) is 1. The number of hydrogen-bond acceptors (Lipinski definition) is 3. The van der Waals surface area contributed by atoms with Crippen molar-refractivity contribution >= 4 is 22.6 Å². The van der Waals surface area contributed by atoms with Gasteiger partial charge in [-0.3, -0.25) is 10.1 Å². The number of carboxylic acid groups (broad SMARTS) is 1. The number of aromatic nitrogens is 1. The molecule has 6 nitrogen and oxygen atoms in total. The van der Waals surface area contributed by atoms with Gasteiger partial charge in [0.15, 0.2) is 0 Å². The highest BCUT2D eigenvalue weighted by molar-refractivity contribution is 6.00. The van der Waals surface area contributed by atoms with E-state index in [1.807, 2.05) is 0 Å². The Morgan fingerprint density at radius 1 is 1.53 bits per heavy atom. The molecule has 1 aromatic carbocycles. The molecule has 0 amide bonds. The van der Waals surface area contributed by atoms with Crippen LogP contribution in [-0.2, 0) is 0 Å². The van der Waals surface area contributed by atoms with Gasteiger partial charge in [-0.1, -0.05) is 0 Å². The second kappa shape index (κ2) is 3.55. The SMILES string of the molecule is Cc1c(C(=O)O)[nH]c2c([N+](=O)[O-])cc(F)cc12. The number of non-ortho nitro benzene ring substituents is 1. The number of benzene rings is 1. The molecule has 17 heavy (non-hydrogen) atoms. The lowest BCUT2D eigenvalue weighted by Crippen LogP contribution is -1.98. The standard InChI is InChI=1S/C10H7FN2O4/c1-4-6-2-5(11)3-7(13(16)17)9(6)12-8(4)10(14)15/h2-3,12H,1H3,(H,14,15). The van der Waals surface area contributed by atoms with Crippen LogP contribution >= 0.6 is 0 Å². The molecule has 0 aliphatic heterocycles. The predicted octanol–water partition coefficient (Wildman–Crippen LogP) is 2.22. The van der Waals surface area contributed by atoms with Crippen LogP contribution < -0.4 is 0 Å². The Hall–Kier alpha value is -2.44. The summed E-state index contributed by atoms with van der Waals surface area (Å²) in [5.41, 5.74) is -0.356. The number of H-pyrrole nitrogens is 1. The number of aryl methyl sites for hydroxylation is 1. The molecular formula is C10H7FN2O4. The molecule has 0 spiro atoms. The number of nitro benzene ring substituents is 1. The normalized spacial score (nSPS) is 10.7. The third-order valence-corrected chi connectivity index (χ3v) is 2.52. The van der Waals surface area contributed by atoms with Crippen LogP contribution in [-0.4, -0.2) is 21.0 Å². The highest BCUT2D eigenvalue weighted by atomic mass is 19.1. The van der Waals surface area contributed by atoms with E-state index in [1.54, 1.807) is 0 Å². The van der Waals surface area contributed by atoms with Gasteiger partial charge in [-0.2, -0.15) is 0 Å². The van der Waals surface area contributed by atoms with Crippen LogP contribution in [0.4, 0.5) is 10.1 Å². The fourth-order valence-corrected chi connectivity index (χ4v) is 1.73. The van der Waals surface area contributed by atoms with E-state index in [0.29, 0.717) is 0 Å². The van der Waals surface area contributed by atoms with Gasteiger partial charge in [0.25, 0.3) is 5.69 Å². The Labute approximate surface area is 93.8 Å². The van der Waals surface area contributed by atoms with E-state index < -0.39 is 22.4 Å². The summed E-state index contributed by atoms with van der Waals surface area (Å²) < 4.78 is 13.2. The maximum absolute atomic E-state index is 13.2. The van der Waals surface area contributed by atoms with Crippen molar-refractivity contribution in [2.24, 2.45) is 0 Å². The molecule has 0 saturated carbocycles. The number of halogens is 1. The molecule has 0 unspecified atom stereocenters. The minimum atomic E-state index is -1.24. The molecule has 2 N–H and O–H groups in total. The zero-order chi connectivity index (χ0) is 12.7. The van der Waals surface area contributed by atoms with Gasteiger partial charge in [-0.15, -0.1) is 0 Å². The van der Waals surface area contributed by atoms with E-state index in [9.17, 15) is 19.3 Å². The van der Waals surface area contributed by atoms with Gasteiger partial charge in [0.1, 0.15) is 17.0 Å². The van der Waals surface area contributed by atoms with Gasteiger partial charge in [0.05, 0.1) is 11.0 Å². The molecule has 0 aliphatic rings. The van der Waals surface area contributed by atoms with E-state index in [4.69, 9.17) is 5.11 Å². The molecule has 0 aliphatic carbocycles. The van der Waals surface area contributed by atoms with Crippen molar-refractivity contribution in [2.45, 2.75) is 6.92 Å². The number of fused-ring (bicyclic) bond motifs is 1. The summed E-state index contributed by atoms with van der Waals surface area (Å²) in [4.78, 5) is 23.3. The summed E-state index contributed by atoms with van der Waals surface area (Å²) in [6.45, 7) is 1.46. The lowest BCUT2D eigenvalue weighted by Gasteiger charge is -1.95. The number of aromatic amines is 1. The Bertz CT molecular complexity index is 647. The van der Waals surface area contributed by atoms with Crippen LogP contribution in [0.2, 0.25) is 0 Å². The van der Waals surface area contributed by atoms with Crippen LogP contribution in [0.5, 0.6) is 0 Å². The first kappa shape index (κ1) is 11.1. The molecule has 2 rings (SSSR count). The fourth-order valence-electron chi connectivity index (χ4n) is 1.73. The third kappa shape index (κ3) is 1.61. The van der Waals surface area contributed by atoms with Gasteiger partial charge >= 0.3 is 5.97 Å². The summed E-state index contributed by atoms with van der Waals surface area (Å²) in [6.07, 6.45) is 0. The molecule has 2 aromatic rings. The van der Waals surface area contributed by atoms with E-state index in [2.05, 4.69) is 4.98 Å². The lowest BCUT2D eigenvalue weighted by molar-refractivity contribution is -0.383. The number of carboxylic acids is 1. The molecule has 0 bridgehead atoms. The number of aromatic carboxylic acids is 1. The molecule has 1 heterocycles. The van der Waals surface area contributed by atoms with Gasteiger partial charge in [-0.05, 0) is 18.6 Å². The van der Waals surface area contributed by atoms with E-state index in [-0.39, 0.29) is 22.2 Å². The average molecular weight is 238 g/mol. The summed E-state index contributed by atoms with van der Waals surface area (Å²) in [6, 6.07) is 1.82. The molecule has 0 atom stereocenters.